The van der Waals surface area contributed by atoms with E-state index in [-0.39, 0.29) is 17.3 Å². The summed E-state index contributed by atoms with van der Waals surface area (Å²) in [6, 6.07) is 4.22. The molecule has 0 aliphatic carbocycles. The largest absolute Gasteiger partial charge is 0.465 e. The topological polar surface area (TPSA) is 105 Å². The van der Waals surface area contributed by atoms with Gasteiger partial charge in [-0.05, 0) is 25.1 Å². The number of carboxylic acid groups (broad SMARTS) is 1. The van der Waals surface area contributed by atoms with Crippen molar-refractivity contribution in [3.05, 3.63) is 34.1 Å². The summed E-state index contributed by atoms with van der Waals surface area (Å²) in [6.45, 7) is 1.52. The van der Waals surface area contributed by atoms with E-state index in [1.807, 2.05) is 5.32 Å². The summed E-state index contributed by atoms with van der Waals surface area (Å²) < 4.78 is 36.1. The fraction of sp³-hybridized carbons (Fsp3) is 0.333. The van der Waals surface area contributed by atoms with Crippen molar-refractivity contribution < 1.29 is 23.4 Å². The number of amides is 1. The second-order valence-corrected chi connectivity index (χ2v) is 8.05. The Kier molecular flexibility index (Phi) is 4.39. The van der Waals surface area contributed by atoms with Crippen molar-refractivity contribution in [1.82, 2.24) is 9.62 Å². The number of benzene rings is 1. The average Bonchev–Trinajstić information content (AvgIpc) is 2.37. The molecule has 0 aromatic heterocycles. The molecule has 0 saturated heterocycles. The van der Waals surface area contributed by atoms with E-state index >= 15 is 0 Å². The Bertz CT molecular complexity index is 657. The predicted octanol–water partition coefficient (Wildman–Crippen LogP) is 3.04. The van der Waals surface area contributed by atoms with Crippen molar-refractivity contribution >= 4 is 38.8 Å². The molecule has 1 aromatic carbocycles. The molecule has 1 aliphatic rings. The molecule has 1 unspecified atom stereocenters. The Morgan fingerprint density at radius 3 is 2.77 bits per heavy atom. The van der Waals surface area contributed by atoms with Crippen LogP contribution in [0.3, 0.4) is 0 Å². The number of rotatable bonds is 1. The first-order chi connectivity index (χ1) is 10.0. The van der Waals surface area contributed by atoms with Crippen LogP contribution in [0, 0.1) is 5.82 Å². The number of guanidine groups is 1. The summed E-state index contributed by atoms with van der Waals surface area (Å²) in [6.07, 6.45) is -1.40. The van der Waals surface area contributed by atoms with Crippen molar-refractivity contribution in [2.45, 2.75) is 12.5 Å². The highest BCUT2D eigenvalue weighted by atomic mass is 79.9. The molecule has 122 valence electrons. The third-order valence-corrected chi connectivity index (χ3v) is 5.78. The van der Waals surface area contributed by atoms with Gasteiger partial charge in [0.05, 0.1) is 5.75 Å². The molecule has 1 heterocycles. The van der Waals surface area contributed by atoms with Crippen molar-refractivity contribution in [2.24, 2.45) is 4.99 Å². The Labute approximate surface area is 136 Å². The smallest absolute Gasteiger partial charge is 0.411 e. The Morgan fingerprint density at radius 2 is 2.18 bits per heavy atom. The summed E-state index contributed by atoms with van der Waals surface area (Å²) in [5.41, 5.74) is -1.18. The molecule has 7 nitrogen and oxygen atoms in total. The van der Waals surface area contributed by atoms with Gasteiger partial charge in [-0.1, -0.05) is 15.9 Å². The van der Waals surface area contributed by atoms with E-state index in [2.05, 4.69) is 20.9 Å². The van der Waals surface area contributed by atoms with Gasteiger partial charge in [-0.25, -0.2) is 18.5 Å². The van der Waals surface area contributed by atoms with E-state index in [9.17, 15) is 18.3 Å². The summed E-state index contributed by atoms with van der Waals surface area (Å²) in [5.74, 6) is -1.07. The molecule has 1 aliphatic heterocycles. The molecule has 1 aromatic rings. The lowest BCUT2D eigenvalue weighted by Gasteiger charge is -2.49. The van der Waals surface area contributed by atoms with Gasteiger partial charge in [0.15, 0.2) is 0 Å². The van der Waals surface area contributed by atoms with Gasteiger partial charge in [-0.2, -0.15) is 0 Å². The second-order valence-electron chi connectivity index (χ2n) is 5.04. The average molecular weight is 396 g/mol. The molecule has 2 rings (SSSR count). The molecular formula is C12H15BrFN3O4S. The fourth-order valence-corrected chi connectivity index (χ4v) is 4.09. The maximum atomic E-state index is 14.1. The summed E-state index contributed by atoms with van der Waals surface area (Å²) in [4.78, 5) is 15.0. The lowest BCUT2D eigenvalue weighted by Crippen LogP contribution is -2.51. The SMILES string of the molecule is CN1C(NC(=O)O)=NC(C)(c2cc(Br)ccc2F)CS1(O)O. The van der Waals surface area contributed by atoms with Crippen LogP contribution in [0.1, 0.15) is 12.5 Å². The zero-order valence-corrected chi connectivity index (χ0v) is 14.2. The van der Waals surface area contributed by atoms with Gasteiger partial charge in [0.1, 0.15) is 11.4 Å². The van der Waals surface area contributed by atoms with Gasteiger partial charge in [0.2, 0.25) is 5.96 Å². The van der Waals surface area contributed by atoms with Crippen LogP contribution in [0.5, 0.6) is 0 Å². The maximum absolute atomic E-state index is 14.1. The van der Waals surface area contributed by atoms with Crippen molar-refractivity contribution in [2.75, 3.05) is 12.8 Å². The standard InChI is InChI=1S/C12H15BrFN3O4S/c1-12(8-5-7(13)3-4-9(8)14)6-22(20,21)17(2)10(16-12)15-11(18)19/h3-5,20-21H,6H2,1-2H3,(H,15,16)(H,18,19). The highest BCUT2D eigenvalue weighted by Gasteiger charge is 2.42. The maximum Gasteiger partial charge on any atom is 0.411 e. The Hall–Kier alpha value is -1.36. The van der Waals surface area contributed by atoms with E-state index in [0.29, 0.717) is 4.47 Å². The van der Waals surface area contributed by atoms with Crippen LogP contribution in [0.15, 0.2) is 27.7 Å². The molecule has 0 spiro atoms. The first-order valence-corrected chi connectivity index (χ1v) is 8.57. The third-order valence-electron chi connectivity index (χ3n) is 3.29. The predicted molar refractivity (Wildman–Crippen MR) is 85.5 cm³/mol. The molecule has 4 N–H and O–H groups in total. The zero-order chi connectivity index (χ0) is 16.7. The third kappa shape index (κ3) is 3.19. The highest BCUT2D eigenvalue weighted by molar-refractivity contribution is 9.10. The van der Waals surface area contributed by atoms with E-state index in [0.717, 1.165) is 4.31 Å². The second kappa shape index (κ2) is 5.69. The summed E-state index contributed by atoms with van der Waals surface area (Å²) in [5, 5.41) is 10.8. The van der Waals surface area contributed by atoms with E-state index in [4.69, 9.17) is 5.11 Å². The van der Waals surface area contributed by atoms with Gasteiger partial charge in [0.25, 0.3) is 0 Å². The van der Waals surface area contributed by atoms with Crippen molar-refractivity contribution in [1.29, 1.82) is 0 Å². The zero-order valence-electron chi connectivity index (χ0n) is 11.7. The van der Waals surface area contributed by atoms with Crippen molar-refractivity contribution in [3.8, 4) is 0 Å². The lowest BCUT2D eigenvalue weighted by molar-refractivity contribution is 0.199. The minimum atomic E-state index is -3.35. The molecule has 0 radical (unpaired) electrons. The van der Waals surface area contributed by atoms with Gasteiger partial charge >= 0.3 is 6.09 Å². The minimum absolute atomic E-state index is 0.139. The van der Waals surface area contributed by atoms with Crippen LogP contribution in [0.4, 0.5) is 9.18 Å². The van der Waals surface area contributed by atoms with Gasteiger partial charge in [0, 0.05) is 17.1 Å². The van der Waals surface area contributed by atoms with E-state index in [1.165, 1.54) is 32.2 Å². The van der Waals surface area contributed by atoms with Gasteiger partial charge < -0.3 is 5.11 Å². The van der Waals surface area contributed by atoms with Crippen LogP contribution in [0.25, 0.3) is 0 Å². The van der Waals surface area contributed by atoms with Gasteiger partial charge in [-0.3, -0.25) is 14.4 Å². The lowest BCUT2D eigenvalue weighted by atomic mass is 9.94. The molecule has 0 saturated carbocycles. The molecular weight excluding hydrogens is 381 g/mol. The Morgan fingerprint density at radius 1 is 1.55 bits per heavy atom. The fourth-order valence-electron chi connectivity index (χ4n) is 2.20. The van der Waals surface area contributed by atoms with Crippen LogP contribution in [-0.4, -0.2) is 43.4 Å². The van der Waals surface area contributed by atoms with Crippen LogP contribution >= 0.6 is 26.7 Å². The molecule has 0 bridgehead atoms. The Balaban J connectivity index is 2.58. The van der Waals surface area contributed by atoms with Crippen LogP contribution in [0.2, 0.25) is 0 Å². The number of carbonyl (C=O) groups is 1. The number of nitrogens with zero attached hydrogens (tertiary/aromatic N) is 2. The summed E-state index contributed by atoms with van der Waals surface area (Å²) in [7, 11) is -2.04. The molecule has 22 heavy (non-hydrogen) atoms. The molecule has 10 heteroatoms. The van der Waals surface area contributed by atoms with E-state index in [1.54, 1.807) is 0 Å². The number of hydrogen-bond acceptors (Lipinski definition) is 5. The highest BCUT2D eigenvalue weighted by Crippen LogP contribution is 2.52. The number of hydrogen-bond donors (Lipinski definition) is 4. The normalized spacial score (nSPS) is 25.4. The molecule has 1 atom stereocenters. The first kappa shape index (κ1) is 17.0. The van der Waals surface area contributed by atoms with Crippen molar-refractivity contribution in [3.63, 3.8) is 0 Å². The molecule has 0 fully saturated rings. The minimum Gasteiger partial charge on any atom is -0.465 e. The van der Waals surface area contributed by atoms with E-state index < -0.39 is 28.2 Å². The van der Waals surface area contributed by atoms with Crippen LogP contribution < -0.4 is 5.32 Å². The quantitative estimate of drug-likeness (QED) is 0.584. The van der Waals surface area contributed by atoms with Crippen LogP contribution in [-0.2, 0) is 5.54 Å². The molecule has 1 amide bonds. The van der Waals surface area contributed by atoms with Gasteiger partial charge in [-0.15, -0.1) is 10.8 Å². The first-order valence-electron chi connectivity index (χ1n) is 6.10. The number of halogens is 2. The summed E-state index contributed by atoms with van der Waals surface area (Å²) >= 11 is 3.23. The monoisotopic (exact) mass is 395 g/mol. The number of aliphatic imine (C=N–C) groups is 1. The number of nitrogens with one attached hydrogen (secondary N) is 1.